The number of rotatable bonds is 2. The number of carbonyl (C=O) groups is 1. The van der Waals surface area contributed by atoms with Crippen LogP contribution in [0.4, 0.5) is 0 Å². The van der Waals surface area contributed by atoms with Gasteiger partial charge in [-0.3, -0.25) is 4.79 Å². The third-order valence-electron chi connectivity index (χ3n) is 1.98. The summed E-state index contributed by atoms with van der Waals surface area (Å²) in [7, 11) is 0. The number of nitrogens with two attached hydrogens (primary N) is 1. The van der Waals surface area contributed by atoms with Crippen LogP contribution in [0, 0.1) is 0 Å². The van der Waals surface area contributed by atoms with Gasteiger partial charge in [-0.1, -0.05) is 6.42 Å². The Morgan fingerprint density at radius 2 is 2.10 bits per heavy atom. The molecule has 2 atom stereocenters. The molecule has 0 saturated heterocycles. The predicted molar refractivity (Wildman–Crippen MR) is 37.4 cm³/mol. The molecule has 0 aliphatic heterocycles. The SMILES string of the molecule is NC1CCCCC1OC=O. The molecule has 0 aromatic carbocycles. The maximum absolute atomic E-state index is 9.94. The summed E-state index contributed by atoms with van der Waals surface area (Å²) in [5.74, 6) is 0. The van der Waals surface area contributed by atoms with E-state index in [0.717, 1.165) is 19.3 Å². The molecule has 0 bridgehead atoms. The van der Waals surface area contributed by atoms with E-state index in [-0.39, 0.29) is 12.1 Å². The highest BCUT2D eigenvalue weighted by molar-refractivity contribution is 5.37. The quantitative estimate of drug-likeness (QED) is 0.570. The number of hydrogen-bond donors (Lipinski definition) is 1. The summed E-state index contributed by atoms with van der Waals surface area (Å²) >= 11 is 0. The van der Waals surface area contributed by atoms with E-state index in [1.54, 1.807) is 0 Å². The normalized spacial score (nSPS) is 33.3. The van der Waals surface area contributed by atoms with Crippen LogP contribution in [-0.2, 0) is 9.53 Å². The number of ether oxygens (including phenoxy) is 1. The summed E-state index contributed by atoms with van der Waals surface area (Å²) in [4.78, 5) is 9.94. The van der Waals surface area contributed by atoms with Crippen molar-refractivity contribution in [2.75, 3.05) is 0 Å². The monoisotopic (exact) mass is 143 g/mol. The molecule has 0 amide bonds. The van der Waals surface area contributed by atoms with Crippen LogP contribution in [0.3, 0.4) is 0 Å². The lowest BCUT2D eigenvalue weighted by Gasteiger charge is -2.26. The van der Waals surface area contributed by atoms with E-state index in [1.807, 2.05) is 0 Å². The Bertz CT molecular complexity index is 116. The van der Waals surface area contributed by atoms with Crippen molar-refractivity contribution in [3.63, 3.8) is 0 Å². The molecule has 0 aromatic heterocycles. The highest BCUT2D eigenvalue weighted by Crippen LogP contribution is 2.18. The van der Waals surface area contributed by atoms with Crippen LogP contribution in [0.1, 0.15) is 25.7 Å². The van der Waals surface area contributed by atoms with Gasteiger partial charge in [0.2, 0.25) is 0 Å². The summed E-state index contributed by atoms with van der Waals surface area (Å²) in [5.41, 5.74) is 5.68. The van der Waals surface area contributed by atoms with Gasteiger partial charge in [0.1, 0.15) is 6.10 Å². The van der Waals surface area contributed by atoms with Gasteiger partial charge in [-0.2, -0.15) is 0 Å². The molecule has 1 fully saturated rings. The predicted octanol–water partition coefficient (Wildman–Crippen LogP) is 0.429. The molecular weight excluding hydrogens is 130 g/mol. The minimum atomic E-state index is -0.0220. The zero-order valence-corrected chi connectivity index (χ0v) is 5.95. The Morgan fingerprint density at radius 3 is 2.70 bits per heavy atom. The van der Waals surface area contributed by atoms with Crippen LogP contribution < -0.4 is 5.73 Å². The number of hydrogen-bond acceptors (Lipinski definition) is 3. The fourth-order valence-electron chi connectivity index (χ4n) is 1.37. The van der Waals surface area contributed by atoms with Crippen LogP contribution in [0.15, 0.2) is 0 Å². The van der Waals surface area contributed by atoms with Crippen molar-refractivity contribution in [3.05, 3.63) is 0 Å². The van der Waals surface area contributed by atoms with Gasteiger partial charge < -0.3 is 10.5 Å². The lowest BCUT2D eigenvalue weighted by molar-refractivity contribution is -0.135. The van der Waals surface area contributed by atoms with Gasteiger partial charge in [0.25, 0.3) is 6.47 Å². The van der Waals surface area contributed by atoms with Crippen molar-refractivity contribution in [2.24, 2.45) is 5.73 Å². The largest absolute Gasteiger partial charge is 0.463 e. The van der Waals surface area contributed by atoms with Crippen LogP contribution >= 0.6 is 0 Å². The van der Waals surface area contributed by atoms with E-state index in [1.165, 1.54) is 6.42 Å². The molecule has 0 radical (unpaired) electrons. The zero-order chi connectivity index (χ0) is 7.40. The van der Waals surface area contributed by atoms with E-state index < -0.39 is 0 Å². The summed E-state index contributed by atoms with van der Waals surface area (Å²) in [6.07, 6.45) is 4.19. The van der Waals surface area contributed by atoms with Crippen LogP contribution in [-0.4, -0.2) is 18.6 Å². The average molecular weight is 143 g/mol. The van der Waals surface area contributed by atoms with Crippen molar-refractivity contribution in [3.8, 4) is 0 Å². The van der Waals surface area contributed by atoms with Gasteiger partial charge in [-0.25, -0.2) is 0 Å². The fraction of sp³-hybridized carbons (Fsp3) is 0.857. The summed E-state index contributed by atoms with van der Waals surface area (Å²) in [6, 6.07) is 0.0685. The zero-order valence-electron chi connectivity index (χ0n) is 5.95. The van der Waals surface area contributed by atoms with E-state index in [4.69, 9.17) is 10.5 Å². The van der Waals surface area contributed by atoms with Gasteiger partial charge in [0, 0.05) is 6.04 Å². The Morgan fingerprint density at radius 1 is 1.40 bits per heavy atom. The molecule has 1 saturated carbocycles. The van der Waals surface area contributed by atoms with Crippen LogP contribution in [0.2, 0.25) is 0 Å². The molecule has 10 heavy (non-hydrogen) atoms. The molecule has 1 rings (SSSR count). The third-order valence-corrected chi connectivity index (χ3v) is 1.98. The first-order chi connectivity index (χ1) is 4.84. The Balaban J connectivity index is 2.32. The van der Waals surface area contributed by atoms with Crippen molar-refractivity contribution in [1.82, 2.24) is 0 Å². The molecule has 1 aliphatic carbocycles. The molecule has 0 spiro atoms. The minimum absolute atomic E-state index is 0.0220. The van der Waals surface area contributed by atoms with Gasteiger partial charge >= 0.3 is 0 Å². The molecule has 3 heteroatoms. The van der Waals surface area contributed by atoms with Gasteiger partial charge in [0.15, 0.2) is 0 Å². The van der Waals surface area contributed by atoms with Gasteiger partial charge in [-0.15, -0.1) is 0 Å². The Hall–Kier alpha value is -0.570. The summed E-state index contributed by atoms with van der Waals surface area (Å²) in [5, 5.41) is 0. The second-order valence-corrected chi connectivity index (χ2v) is 2.72. The van der Waals surface area contributed by atoms with E-state index in [9.17, 15) is 4.79 Å². The first-order valence-electron chi connectivity index (χ1n) is 3.69. The maximum atomic E-state index is 9.94. The van der Waals surface area contributed by atoms with Crippen molar-refractivity contribution < 1.29 is 9.53 Å². The van der Waals surface area contributed by atoms with Crippen LogP contribution in [0.25, 0.3) is 0 Å². The molecule has 1 aliphatic rings. The topological polar surface area (TPSA) is 52.3 Å². The fourth-order valence-corrected chi connectivity index (χ4v) is 1.37. The minimum Gasteiger partial charge on any atom is -0.463 e. The second-order valence-electron chi connectivity index (χ2n) is 2.72. The smallest absolute Gasteiger partial charge is 0.293 e. The van der Waals surface area contributed by atoms with E-state index >= 15 is 0 Å². The van der Waals surface area contributed by atoms with Crippen molar-refractivity contribution in [1.29, 1.82) is 0 Å². The summed E-state index contributed by atoms with van der Waals surface area (Å²) in [6.45, 7) is 0.496. The second kappa shape index (κ2) is 3.56. The first kappa shape index (κ1) is 7.54. The lowest BCUT2D eigenvalue weighted by Crippen LogP contribution is -2.39. The van der Waals surface area contributed by atoms with Gasteiger partial charge in [0.05, 0.1) is 0 Å². The van der Waals surface area contributed by atoms with Crippen LogP contribution in [0.5, 0.6) is 0 Å². The first-order valence-corrected chi connectivity index (χ1v) is 3.69. The van der Waals surface area contributed by atoms with E-state index in [2.05, 4.69) is 0 Å². The Labute approximate surface area is 60.5 Å². The highest BCUT2D eigenvalue weighted by Gasteiger charge is 2.22. The molecule has 0 heterocycles. The average Bonchev–Trinajstić information content (AvgIpc) is 1.94. The number of carbonyl (C=O) groups excluding carboxylic acids is 1. The molecule has 58 valence electrons. The standard InChI is InChI=1S/C7H13NO2/c8-6-3-1-2-4-7(6)10-5-9/h5-7H,1-4,8H2. The molecular formula is C7H13NO2. The maximum Gasteiger partial charge on any atom is 0.293 e. The Kier molecular flexibility index (Phi) is 2.68. The molecule has 2 unspecified atom stereocenters. The lowest BCUT2D eigenvalue weighted by atomic mass is 9.93. The van der Waals surface area contributed by atoms with E-state index in [0.29, 0.717) is 6.47 Å². The van der Waals surface area contributed by atoms with Gasteiger partial charge in [-0.05, 0) is 19.3 Å². The van der Waals surface area contributed by atoms with Crippen molar-refractivity contribution in [2.45, 2.75) is 37.8 Å². The molecule has 3 nitrogen and oxygen atoms in total. The highest BCUT2D eigenvalue weighted by atomic mass is 16.5. The van der Waals surface area contributed by atoms with Crippen molar-refractivity contribution >= 4 is 6.47 Å². The molecule has 2 N–H and O–H groups in total. The third kappa shape index (κ3) is 1.70. The summed E-state index contributed by atoms with van der Waals surface area (Å²) < 4.78 is 4.79. The molecule has 0 aromatic rings.